The van der Waals surface area contributed by atoms with Crippen molar-refractivity contribution in [2.75, 3.05) is 27.2 Å². The van der Waals surface area contributed by atoms with E-state index in [4.69, 9.17) is 0 Å². The van der Waals surface area contributed by atoms with E-state index in [0.717, 1.165) is 19.5 Å². The molecule has 0 aliphatic rings. The van der Waals surface area contributed by atoms with Crippen molar-refractivity contribution in [1.82, 2.24) is 19.8 Å². The first-order valence-electron chi connectivity index (χ1n) is 5.03. The van der Waals surface area contributed by atoms with Crippen LogP contribution >= 0.6 is 0 Å². The van der Waals surface area contributed by atoms with E-state index in [1.807, 2.05) is 14.1 Å². The summed E-state index contributed by atoms with van der Waals surface area (Å²) in [6.07, 6.45) is 4.32. The minimum Gasteiger partial charge on any atom is -0.340 e. The van der Waals surface area contributed by atoms with Gasteiger partial charge in [0.1, 0.15) is 5.69 Å². The number of imidazole rings is 1. The minimum atomic E-state index is -0.0216. The molecule has 0 spiro atoms. The Balaban J connectivity index is 2.46. The number of amides is 1. The Kier molecular flexibility index (Phi) is 4.30. The second-order valence-corrected chi connectivity index (χ2v) is 3.61. The zero-order valence-electron chi connectivity index (χ0n) is 9.53. The van der Waals surface area contributed by atoms with E-state index < -0.39 is 0 Å². The fourth-order valence-corrected chi connectivity index (χ4v) is 1.31. The van der Waals surface area contributed by atoms with Crippen LogP contribution in [0.2, 0.25) is 0 Å². The van der Waals surface area contributed by atoms with Gasteiger partial charge in [-0.25, -0.2) is 4.98 Å². The summed E-state index contributed by atoms with van der Waals surface area (Å²) in [5, 5.41) is 3.05. The van der Waals surface area contributed by atoms with Gasteiger partial charge in [-0.2, -0.15) is 0 Å². The van der Waals surface area contributed by atoms with Crippen LogP contribution in [0.4, 0.5) is 0 Å². The molecule has 1 rings (SSSR count). The highest BCUT2D eigenvalue weighted by atomic mass is 16.2. The highest BCUT2D eigenvalue weighted by Crippen LogP contribution is 2.00. The Labute approximate surface area is 90.1 Å². The van der Waals surface area contributed by atoms with Crippen molar-refractivity contribution in [2.24, 2.45) is 7.05 Å². The molecule has 1 aromatic heterocycles. The molecule has 0 aromatic carbocycles. The predicted molar refractivity (Wildman–Crippen MR) is 58.7 cm³/mol. The first kappa shape index (κ1) is 11.7. The van der Waals surface area contributed by atoms with Gasteiger partial charge in [0.25, 0.3) is 5.91 Å². The molecule has 0 saturated heterocycles. The van der Waals surface area contributed by atoms with Crippen molar-refractivity contribution in [3.63, 3.8) is 0 Å². The van der Waals surface area contributed by atoms with Gasteiger partial charge in [0, 0.05) is 26.8 Å². The average Bonchev–Trinajstić information content (AvgIpc) is 2.64. The average molecular weight is 210 g/mol. The fraction of sp³-hybridized carbons (Fsp3) is 0.600. The van der Waals surface area contributed by atoms with Crippen LogP contribution in [0.1, 0.15) is 16.9 Å². The molecule has 0 radical (unpaired) electrons. The molecule has 1 amide bonds. The Morgan fingerprint density at radius 2 is 2.40 bits per heavy atom. The number of nitrogens with one attached hydrogen (secondary N) is 1. The van der Waals surface area contributed by atoms with Gasteiger partial charge in [-0.05, 0) is 20.0 Å². The maximum absolute atomic E-state index is 11.8. The lowest BCUT2D eigenvalue weighted by molar-refractivity contribution is 0.0788. The van der Waals surface area contributed by atoms with Crippen molar-refractivity contribution in [2.45, 2.75) is 6.42 Å². The van der Waals surface area contributed by atoms with E-state index in [2.05, 4.69) is 10.3 Å². The molecule has 0 aliphatic carbocycles. The lowest BCUT2D eigenvalue weighted by atomic mass is 10.3. The van der Waals surface area contributed by atoms with Gasteiger partial charge in [0.05, 0.1) is 6.33 Å². The summed E-state index contributed by atoms with van der Waals surface area (Å²) < 4.78 is 1.77. The number of carbonyl (C=O) groups excluding carboxylic acids is 1. The zero-order chi connectivity index (χ0) is 11.3. The molecule has 0 atom stereocenters. The summed E-state index contributed by atoms with van der Waals surface area (Å²) in [7, 11) is 5.55. The third-order valence-electron chi connectivity index (χ3n) is 2.19. The second-order valence-electron chi connectivity index (χ2n) is 3.61. The van der Waals surface area contributed by atoms with Crippen LogP contribution in [0, 0.1) is 0 Å². The standard InChI is InChI=1S/C10H18N4O/c1-11-5-4-6-14(3)10(15)9-7-13(2)8-12-9/h7-8,11H,4-6H2,1-3H3. The van der Waals surface area contributed by atoms with Crippen molar-refractivity contribution >= 4 is 5.91 Å². The number of rotatable bonds is 5. The molecule has 5 heteroatoms. The molecule has 84 valence electrons. The van der Waals surface area contributed by atoms with Crippen LogP contribution < -0.4 is 5.32 Å². The number of nitrogens with zero attached hydrogens (tertiary/aromatic N) is 3. The number of hydrogen-bond donors (Lipinski definition) is 1. The van der Waals surface area contributed by atoms with Gasteiger partial charge < -0.3 is 14.8 Å². The van der Waals surface area contributed by atoms with Gasteiger partial charge in [-0.1, -0.05) is 0 Å². The molecule has 0 unspecified atom stereocenters. The molecule has 0 fully saturated rings. The van der Waals surface area contributed by atoms with Gasteiger partial charge in [0.15, 0.2) is 0 Å². The number of carbonyl (C=O) groups is 1. The number of aryl methyl sites for hydroxylation is 1. The largest absolute Gasteiger partial charge is 0.340 e. The van der Waals surface area contributed by atoms with Crippen molar-refractivity contribution in [3.8, 4) is 0 Å². The van der Waals surface area contributed by atoms with Gasteiger partial charge in [-0.15, -0.1) is 0 Å². The van der Waals surface area contributed by atoms with Crippen LogP contribution in [0.25, 0.3) is 0 Å². The molecule has 1 aromatic rings. The molecule has 0 saturated carbocycles. The minimum absolute atomic E-state index is 0.0216. The van der Waals surface area contributed by atoms with Crippen LogP contribution in [-0.2, 0) is 7.05 Å². The summed E-state index contributed by atoms with van der Waals surface area (Å²) in [5.74, 6) is -0.0216. The van der Waals surface area contributed by atoms with Crippen LogP contribution in [-0.4, -0.2) is 47.5 Å². The predicted octanol–water partition coefficient (Wildman–Crippen LogP) is 0.102. The number of aromatic nitrogens is 2. The molecule has 0 aliphatic heterocycles. The Hall–Kier alpha value is -1.36. The maximum Gasteiger partial charge on any atom is 0.273 e. The Bertz CT molecular complexity index is 321. The second kappa shape index (κ2) is 5.50. The Morgan fingerprint density at radius 1 is 1.67 bits per heavy atom. The molecule has 1 heterocycles. The van der Waals surface area contributed by atoms with Gasteiger partial charge in [0.2, 0.25) is 0 Å². The van der Waals surface area contributed by atoms with Crippen molar-refractivity contribution < 1.29 is 4.79 Å². The SMILES string of the molecule is CNCCCN(C)C(=O)c1cn(C)cn1. The monoisotopic (exact) mass is 210 g/mol. The van der Waals surface area contributed by atoms with E-state index in [-0.39, 0.29) is 5.91 Å². The molecule has 0 bridgehead atoms. The van der Waals surface area contributed by atoms with Crippen LogP contribution in [0.3, 0.4) is 0 Å². The van der Waals surface area contributed by atoms with Crippen LogP contribution in [0.15, 0.2) is 12.5 Å². The number of hydrogen-bond acceptors (Lipinski definition) is 3. The molecule has 5 nitrogen and oxygen atoms in total. The lowest BCUT2D eigenvalue weighted by Gasteiger charge is -2.15. The van der Waals surface area contributed by atoms with E-state index in [1.165, 1.54) is 0 Å². The molecule has 15 heavy (non-hydrogen) atoms. The van der Waals surface area contributed by atoms with E-state index in [1.54, 1.807) is 29.0 Å². The van der Waals surface area contributed by atoms with E-state index in [0.29, 0.717) is 5.69 Å². The molecule has 1 N–H and O–H groups in total. The topological polar surface area (TPSA) is 50.2 Å². The van der Waals surface area contributed by atoms with Gasteiger partial charge in [-0.3, -0.25) is 4.79 Å². The quantitative estimate of drug-likeness (QED) is 0.701. The normalized spacial score (nSPS) is 10.3. The molecular formula is C10H18N4O. The van der Waals surface area contributed by atoms with E-state index in [9.17, 15) is 4.79 Å². The highest BCUT2D eigenvalue weighted by Gasteiger charge is 2.13. The summed E-state index contributed by atoms with van der Waals surface area (Å²) in [4.78, 5) is 17.5. The van der Waals surface area contributed by atoms with E-state index >= 15 is 0 Å². The first-order chi connectivity index (χ1) is 7.15. The van der Waals surface area contributed by atoms with Crippen LogP contribution in [0.5, 0.6) is 0 Å². The maximum atomic E-state index is 11.8. The summed E-state index contributed by atoms with van der Waals surface area (Å²) in [5.41, 5.74) is 0.504. The highest BCUT2D eigenvalue weighted by molar-refractivity contribution is 5.91. The fourth-order valence-electron chi connectivity index (χ4n) is 1.31. The third kappa shape index (κ3) is 3.36. The smallest absolute Gasteiger partial charge is 0.273 e. The van der Waals surface area contributed by atoms with Gasteiger partial charge >= 0.3 is 0 Å². The first-order valence-corrected chi connectivity index (χ1v) is 5.03. The van der Waals surface area contributed by atoms with Crippen molar-refractivity contribution in [3.05, 3.63) is 18.2 Å². The summed E-state index contributed by atoms with van der Waals surface area (Å²) >= 11 is 0. The summed E-state index contributed by atoms with van der Waals surface area (Å²) in [6.45, 7) is 1.66. The van der Waals surface area contributed by atoms with Crippen molar-refractivity contribution in [1.29, 1.82) is 0 Å². The summed E-state index contributed by atoms with van der Waals surface area (Å²) in [6, 6.07) is 0. The molecular weight excluding hydrogens is 192 g/mol. The lowest BCUT2D eigenvalue weighted by Crippen LogP contribution is -2.29. The Morgan fingerprint density at radius 3 is 2.93 bits per heavy atom. The zero-order valence-corrected chi connectivity index (χ0v) is 9.53. The third-order valence-corrected chi connectivity index (χ3v) is 2.19.